The zero-order chi connectivity index (χ0) is 11.2. The number of hydrogen-bond donors (Lipinski definition) is 0. The minimum Gasteiger partial charge on any atom is -0.759 e. The fourth-order valence-corrected chi connectivity index (χ4v) is 2.64. The molecule has 0 radical (unpaired) electrons. The van der Waals surface area contributed by atoms with E-state index in [4.69, 9.17) is 0 Å². The Morgan fingerprint density at radius 3 is 2.21 bits per heavy atom. The van der Waals surface area contributed by atoms with Gasteiger partial charge >= 0.3 is 0 Å². The average Bonchev–Trinajstić information content (AvgIpc) is 2.01. The third kappa shape index (κ3) is 5.69. The summed E-state index contributed by atoms with van der Waals surface area (Å²) in [4.78, 5) is 0. The first-order valence-corrected chi connectivity index (χ1v) is 7.34. The lowest BCUT2D eigenvalue weighted by Crippen LogP contribution is -2.32. The average molecular weight is 242 g/mol. The molecule has 14 heavy (non-hydrogen) atoms. The van der Waals surface area contributed by atoms with Crippen LogP contribution in [-0.4, -0.2) is 33.7 Å². The zero-order valence-electron chi connectivity index (χ0n) is 8.43. The lowest BCUT2D eigenvalue weighted by Gasteiger charge is -2.21. The SMILES string of the molecule is CCCCCCN(S(=O)[O-])S(C)(=O)=O. The summed E-state index contributed by atoms with van der Waals surface area (Å²) < 4.78 is 43.5. The van der Waals surface area contributed by atoms with Crippen LogP contribution in [0.5, 0.6) is 0 Å². The van der Waals surface area contributed by atoms with Crippen LogP contribution >= 0.6 is 0 Å². The van der Waals surface area contributed by atoms with Gasteiger partial charge in [-0.25, -0.2) is 8.42 Å². The van der Waals surface area contributed by atoms with Crippen molar-refractivity contribution < 1.29 is 17.2 Å². The van der Waals surface area contributed by atoms with E-state index >= 15 is 0 Å². The van der Waals surface area contributed by atoms with Crippen molar-refractivity contribution in [2.45, 2.75) is 32.6 Å². The first-order valence-electron chi connectivity index (χ1n) is 4.46. The smallest absolute Gasteiger partial charge is 0.221 e. The Morgan fingerprint density at radius 1 is 1.29 bits per heavy atom. The maximum Gasteiger partial charge on any atom is 0.221 e. The summed E-state index contributed by atoms with van der Waals surface area (Å²) in [5.74, 6) is 0. The van der Waals surface area contributed by atoms with Crippen LogP contribution < -0.4 is 0 Å². The van der Waals surface area contributed by atoms with E-state index in [-0.39, 0.29) is 6.54 Å². The zero-order valence-corrected chi connectivity index (χ0v) is 10.1. The molecule has 0 N–H and O–H groups in total. The highest BCUT2D eigenvalue weighted by molar-refractivity contribution is 7.98. The van der Waals surface area contributed by atoms with Crippen LogP contribution in [-0.2, 0) is 21.3 Å². The van der Waals surface area contributed by atoms with Crippen LogP contribution in [0.1, 0.15) is 32.6 Å². The third-order valence-corrected chi connectivity index (χ3v) is 4.35. The first kappa shape index (κ1) is 14.0. The van der Waals surface area contributed by atoms with Gasteiger partial charge in [0.2, 0.25) is 10.0 Å². The van der Waals surface area contributed by atoms with Crippen molar-refractivity contribution in [3.8, 4) is 0 Å². The molecule has 0 aromatic heterocycles. The number of nitrogens with zero attached hydrogens (tertiary/aromatic N) is 1. The lowest BCUT2D eigenvalue weighted by molar-refractivity contribution is 0.456. The van der Waals surface area contributed by atoms with Gasteiger partial charge in [-0.05, 0) is 6.42 Å². The number of rotatable bonds is 7. The molecule has 1 atom stereocenters. The van der Waals surface area contributed by atoms with Crippen LogP contribution in [0, 0.1) is 0 Å². The van der Waals surface area contributed by atoms with E-state index in [2.05, 4.69) is 0 Å². The largest absolute Gasteiger partial charge is 0.759 e. The van der Waals surface area contributed by atoms with Gasteiger partial charge in [-0.1, -0.05) is 26.2 Å². The lowest BCUT2D eigenvalue weighted by atomic mass is 10.2. The molecule has 0 saturated heterocycles. The summed E-state index contributed by atoms with van der Waals surface area (Å²) in [5, 5.41) is 0. The van der Waals surface area contributed by atoms with Gasteiger partial charge in [-0.2, -0.15) is 0 Å². The molecule has 86 valence electrons. The predicted octanol–water partition coefficient (Wildman–Crippen LogP) is 0.622. The van der Waals surface area contributed by atoms with E-state index in [9.17, 15) is 17.2 Å². The Balaban J connectivity index is 4.07. The standard InChI is InChI=1S/C7H17NO4S2/c1-3-4-5-6-7-8(13(9)10)14(2,11)12/h3-7H2,1-2H3,(H,9,10)/p-1. The van der Waals surface area contributed by atoms with Gasteiger partial charge in [-0.15, -0.1) is 3.71 Å². The van der Waals surface area contributed by atoms with Crippen molar-refractivity contribution in [2.75, 3.05) is 12.8 Å². The van der Waals surface area contributed by atoms with Crippen LogP contribution in [0.4, 0.5) is 0 Å². The molecule has 0 aromatic carbocycles. The fourth-order valence-electron chi connectivity index (χ4n) is 1.02. The van der Waals surface area contributed by atoms with Crippen molar-refractivity contribution in [2.24, 2.45) is 0 Å². The molecule has 7 heteroatoms. The van der Waals surface area contributed by atoms with Crippen molar-refractivity contribution >= 4 is 21.3 Å². The Labute approximate surface area is 88.0 Å². The summed E-state index contributed by atoms with van der Waals surface area (Å²) >= 11 is -2.68. The van der Waals surface area contributed by atoms with E-state index in [0.717, 1.165) is 25.5 Å². The molecule has 0 bridgehead atoms. The Morgan fingerprint density at radius 2 is 1.86 bits per heavy atom. The first-order chi connectivity index (χ1) is 6.39. The number of sulfonamides is 1. The summed E-state index contributed by atoms with van der Waals surface area (Å²) in [7, 11) is -3.63. The highest BCUT2D eigenvalue weighted by atomic mass is 32.3. The second-order valence-electron chi connectivity index (χ2n) is 3.07. The molecule has 0 aliphatic heterocycles. The molecule has 5 nitrogen and oxygen atoms in total. The molecule has 0 fully saturated rings. The van der Waals surface area contributed by atoms with E-state index in [1.54, 1.807) is 0 Å². The van der Waals surface area contributed by atoms with Crippen LogP contribution in [0.15, 0.2) is 0 Å². The summed E-state index contributed by atoms with van der Waals surface area (Å²) in [6.07, 6.45) is 4.33. The van der Waals surface area contributed by atoms with E-state index in [1.165, 1.54) is 0 Å². The van der Waals surface area contributed by atoms with E-state index < -0.39 is 21.3 Å². The maximum absolute atomic E-state index is 11.0. The van der Waals surface area contributed by atoms with E-state index in [1.807, 2.05) is 6.92 Å². The molecule has 0 rings (SSSR count). The Bertz CT molecular complexity index is 275. The summed E-state index contributed by atoms with van der Waals surface area (Å²) in [5.41, 5.74) is 0. The highest BCUT2D eigenvalue weighted by Gasteiger charge is 2.16. The van der Waals surface area contributed by atoms with Gasteiger partial charge in [0.1, 0.15) is 0 Å². The van der Waals surface area contributed by atoms with Crippen molar-refractivity contribution in [1.82, 2.24) is 3.71 Å². The monoisotopic (exact) mass is 242 g/mol. The normalized spacial score (nSPS) is 14.6. The predicted molar refractivity (Wildman–Crippen MR) is 54.6 cm³/mol. The van der Waals surface area contributed by atoms with Gasteiger partial charge < -0.3 is 4.55 Å². The maximum atomic E-state index is 11.0. The third-order valence-electron chi connectivity index (χ3n) is 1.73. The molecule has 0 amide bonds. The highest BCUT2D eigenvalue weighted by Crippen LogP contribution is 2.06. The molecule has 0 aliphatic rings. The molecule has 1 unspecified atom stereocenters. The minimum atomic E-state index is -3.63. The summed E-state index contributed by atoms with van der Waals surface area (Å²) in [6, 6.07) is 0. The molecule has 0 spiro atoms. The molecule has 0 saturated carbocycles. The van der Waals surface area contributed by atoms with Gasteiger partial charge in [0.25, 0.3) is 0 Å². The van der Waals surface area contributed by atoms with E-state index in [0.29, 0.717) is 10.1 Å². The van der Waals surface area contributed by atoms with Gasteiger partial charge in [0.05, 0.1) is 6.26 Å². The van der Waals surface area contributed by atoms with Crippen molar-refractivity contribution in [1.29, 1.82) is 0 Å². The van der Waals surface area contributed by atoms with Gasteiger partial charge in [-0.3, -0.25) is 4.21 Å². The number of hydrogen-bond acceptors (Lipinski definition) is 4. The van der Waals surface area contributed by atoms with Crippen molar-refractivity contribution in [3.05, 3.63) is 0 Å². The molecular weight excluding hydrogens is 226 g/mol. The van der Waals surface area contributed by atoms with Crippen molar-refractivity contribution in [3.63, 3.8) is 0 Å². The number of unbranched alkanes of at least 4 members (excludes halogenated alkanes) is 3. The fraction of sp³-hybridized carbons (Fsp3) is 1.00. The quantitative estimate of drug-likeness (QED) is 0.484. The molecule has 0 heterocycles. The second-order valence-corrected chi connectivity index (χ2v) is 6.08. The molecule has 0 aliphatic carbocycles. The van der Waals surface area contributed by atoms with Gasteiger partial charge in [0, 0.05) is 17.8 Å². The Kier molecular flexibility index (Phi) is 6.50. The topological polar surface area (TPSA) is 77.5 Å². The summed E-state index contributed by atoms with van der Waals surface area (Å²) in [6.45, 7) is 2.08. The second kappa shape index (κ2) is 6.49. The van der Waals surface area contributed by atoms with Crippen LogP contribution in [0.3, 0.4) is 0 Å². The van der Waals surface area contributed by atoms with Crippen LogP contribution in [0.25, 0.3) is 0 Å². The molecule has 0 aromatic rings. The minimum absolute atomic E-state index is 0.0505. The molecular formula is C7H16NO4S2-. The van der Waals surface area contributed by atoms with Gasteiger partial charge in [0.15, 0.2) is 0 Å². The van der Waals surface area contributed by atoms with Crippen LogP contribution in [0.2, 0.25) is 0 Å². The Hall–Kier alpha value is 0.0200.